The molecule has 2 heterocycles. The van der Waals surface area contributed by atoms with Crippen molar-refractivity contribution in [2.75, 3.05) is 16.3 Å². The van der Waals surface area contributed by atoms with Crippen molar-refractivity contribution in [2.24, 2.45) is 0 Å². The second-order valence-electron chi connectivity index (χ2n) is 8.49. The summed E-state index contributed by atoms with van der Waals surface area (Å²) in [5.74, 6) is 0.187. The fourth-order valence-electron chi connectivity index (χ4n) is 5.11. The van der Waals surface area contributed by atoms with E-state index in [1.807, 2.05) is 18.2 Å². The molecule has 0 N–H and O–H groups in total. The van der Waals surface area contributed by atoms with Crippen molar-refractivity contribution in [1.29, 1.82) is 0 Å². The number of ketones is 1. The molecule has 0 radical (unpaired) electrons. The monoisotopic (exact) mass is 382 g/mol. The first-order valence-electron chi connectivity index (χ1n) is 10.3. The maximum Gasteiger partial charge on any atom is 0.161 e. The maximum atomic E-state index is 13.4. The van der Waals surface area contributed by atoms with Crippen molar-refractivity contribution in [3.63, 3.8) is 0 Å². The minimum absolute atomic E-state index is 0.187. The molecule has 0 aromatic heterocycles. The van der Waals surface area contributed by atoms with Gasteiger partial charge in [-0.15, -0.1) is 0 Å². The van der Waals surface area contributed by atoms with Crippen LogP contribution in [0.3, 0.4) is 0 Å². The van der Waals surface area contributed by atoms with Crippen LogP contribution in [0.4, 0.5) is 11.4 Å². The molecule has 29 heavy (non-hydrogen) atoms. The Morgan fingerprint density at radius 2 is 1.45 bits per heavy atom. The minimum atomic E-state index is -0.714. The molecule has 2 aliphatic heterocycles. The second-order valence-corrected chi connectivity index (χ2v) is 8.49. The molecule has 0 fully saturated rings. The molecule has 5 rings (SSSR count). The minimum Gasteiger partial charge on any atom is -0.364 e. The summed E-state index contributed by atoms with van der Waals surface area (Å²) in [6.07, 6.45) is 0. The molecule has 2 bridgehead atoms. The third kappa shape index (κ3) is 2.68. The number of Topliss-reactive ketones (excluding diaryl/α,β-unsaturated/α-hetero) is 1. The van der Waals surface area contributed by atoms with E-state index in [-0.39, 0.29) is 5.78 Å². The van der Waals surface area contributed by atoms with Crippen LogP contribution in [0.5, 0.6) is 0 Å². The van der Waals surface area contributed by atoms with Crippen molar-refractivity contribution in [1.82, 2.24) is 0 Å². The van der Waals surface area contributed by atoms with E-state index >= 15 is 0 Å². The summed E-state index contributed by atoms with van der Waals surface area (Å²) in [4.78, 5) is 18.2. The van der Waals surface area contributed by atoms with Gasteiger partial charge in [-0.1, -0.05) is 65.7 Å². The molecule has 0 amide bonds. The van der Waals surface area contributed by atoms with Gasteiger partial charge in [0.15, 0.2) is 5.78 Å². The Labute approximate surface area is 172 Å². The molecular formula is C26H26N2O. The van der Waals surface area contributed by atoms with E-state index in [9.17, 15) is 4.79 Å². The van der Waals surface area contributed by atoms with E-state index in [2.05, 4.69) is 72.2 Å². The molecule has 0 aliphatic carbocycles. The smallest absolute Gasteiger partial charge is 0.161 e. The largest absolute Gasteiger partial charge is 0.364 e. The zero-order chi connectivity index (χ0) is 20.2. The fourth-order valence-corrected chi connectivity index (χ4v) is 5.11. The fraction of sp³-hybridized carbons (Fsp3) is 0.269. The summed E-state index contributed by atoms with van der Waals surface area (Å²) < 4.78 is 0. The highest BCUT2D eigenvalue weighted by Gasteiger charge is 2.49. The molecule has 3 aromatic carbocycles. The lowest BCUT2D eigenvalue weighted by molar-refractivity contribution is -0.122. The van der Waals surface area contributed by atoms with E-state index in [4.69, 9.17) is 0 Å². The summed E-state index contributed by atoms with van der Waals surface area (Å²) in [5.41, 5.74) is 7.85. The summed E-state index contributed by atoms with van der Waals surface area (Å²) in [6, 6.07) is 23.6. The normalized spacial score (nSPS) is 20.0. The Bertz CT molecular complexity index is 1100. The molecule has 3 nitrogen and oxygen atoms in total. The van der Waals surface area contributed by atoms with E-state index < -0.39 is 5.54 Å². The molecule has 2 aliphatic rings. The molecule has 0 spiro atoms. The van der Waals surface area contributed by atoms with Crippen LogP contribution < -0.4 is 9.80 Å². The number of carbonyl (C=O) groups excluding carboxylic acids is 1. The zero-order valence-corrected chi connectivity index (χ0v) is 17.3. The van der Waals surface area contributed by atoms with Crippen molar-refractivity contribution in [3.8, 4) is 0 Å². The van der Waals surface area contributed by atoms with Crippen molar-refractivity contribution >= 4 is 17.2 Å². The van der Waals surface area contributed by atoms with E-state index in [0.29, 0.717) is 6.54 Å². The summed E-state index contributed by atoms with van der Waals surface area (Å²) >= 11 is 0. The Hall–Kier alpha value is -3.07. The average molecular weight is 383 g/mol. The molecule has 146 valence electrons. The van der Waals surface area contributed by atoms with E-state index in [1.54, 1.807) is 6.92 Å². The number of benzene rings is 3. The first kappa shape index (κ1) is 18.0. The molecule has 0 saturated carbocycles. The van der Waals surface area contributed by atoms with E-state index in [0.717, 1.165) is 18.7 Å². The van der Waals surface area contributed by atoms with Crippen molar-refractivity contribution < 1.29 is 4.79 Å². The summed E-state index contributed by atoms with van der Waals surface area (Å²) in [6.45, 7) is 8.20. The Balaban J connectivity index is 1.83. The van der Waals surface area contributed by atoms with Crippen LogP contribution in [0.15, 0.2) is 66.7 Å². The lowest BCUT2D eigenvalue weighted by Gasteiger charge is -2.43. The quantitative estimate of drug-likeness (QED) is 0.614. The molecule has 1 atom stereocenters. The van der Waals surface area contributed by atoms with Crippen LogP contribution in [0.2, 0.25) is 0 Å². The van der Waals surface area contributed by atoms with Crippen LogP contribution >= 0.6 is 0 Å². The standard InChI is InChI=1S/C26H26N2O/c1-18-9-11-24-22(14-18)16-28-25-12-10-19(2)13-21(25)15-27(24)17-26(28,20(3)29)23-7-5-4-6-8-23/h4-14H,15-17H2,1-3H3/t26-/m1/s1. The number of anilines is 2. The molecule has 0 saturated heterocycles. The van der Waals surface area contributed by atoms with Crippen LogP contribution in [-0.2, 0) is 23.4 Å². The van der Waals surface area contributed by atoms with Gasteiger partial charge in [-0.3, -0.25) is 4.79 Å². The number of hydrogen-bond donors (Lipinski definition) is 0. The first-order chi connectivity index (χ1) is 14.0. The van der Waals surface area contributed by atoms with Crippen LogP contribution in [-0.4, -0.2) is 12.3 Å². The van der Waals surface area contributed by atoms with Crippen LogP contribution in [0, 0.1) is 13.8 Å². The Kier molecular flexibility index (Phi) is 4.02. The summed E-state index contributed by atoms with van der Waals surface area (Å²) in [5, 5.41) is 0. The highest BCUT2D eigenvalue weighted by Crippen LogP contribution is 2.46. The van der Waals surface area contributed by atoms with Gasteiger partial charge in [0.25, 0.3) is 0 Å². The second kappa shape index (κ2) is 6.48. The molecular weight excluding hydrogens is 356 g/mol. The molecule has 3 aromatic rings. The number of rotatable bonds is 2. The predicted octanol–water partition coefficient (Wildman–Crippen LogP) is 5.13. The first-order valence-corrected chi connectivity index (χ1v) is 10.3. The third-order valence-electron chi connectivity index (χ3n) is 6.51. The number of hydrogen-bond acceptors (Lipinski definition) is 3. The van der Waals surface area contributed by atoms with Gasteiger partial charge < -0.3 is 9.80 Å². The van der Waals surface area contributed by atoms with Gasteiger partial charge in [-0.2, -0.15) is 0 Å². The Morgan fingerprint density at radius 3 is 2.10 bits per heavy atom. The van der Waals surface area contributed by atoms with Gasteiger partial charge in [-0.05, 0) is 49.6 Å². The number of aryl methyl sites for hydroxylation is 2. The number of nitrogens with zero attached hydrogens (tertiary/aromatic N) is 2. The van der Waals surface area contributed by atoms with Gasteiger partial charge in [0.2, 0.25) is 0 Å². The predicted molar refractivity (Wildman–Crippen MR) is 118 cm³/mol. The average Bonchev–Trinajstić information content (AvgIpc) is 2.92. The van der Waals surface area contributed by atoms with Gasteiger partial charge in [-0.25, -0.2) is 0 Å². The topological polar surface area (TPSA) is 23.6 Å². The van der Waals surface area contributed by atoms with Gasteiger partial charge >= 0.3 is 0 Å². The van der Waals surface area contributed by atoms with Gasteiger partial charge in [0.05, 0.1) is 6.54 Å². The highest BCUT2D eigenvalue weighted by molar-refractivity contribution is 5.93. The van der Waals surface area contributed by atoms with E-state index in [1.165, 1.54) is 33.6 Å². The summed E-state index contributed by atoms with van der Waals surface area (Å²) in [7, 11) is 0. The number of fused-ring (bicyclic) bond motifs is 7. The van der Waals surface area contributed by atoms with Crippen LogP contribution in [0.25, 0.3) is 0 Å². The third-order valence-corrected chi connectivity index (χ3v) is 6.51. The molecule has 3 heteroatoms. The van der Waals surface area contributed by atoms with Crippen molar-refractivity contribution in [2.45, 2.75) is 39.4 Å². The lowest BCUT2D eigenvalue weighted by atomic mass is 9.83. The van der Waals surface area contributed by atoms with Crippen molar-refractivity contribution in [3.05, 3.63) is 94.5 Å². The number of carbonyl (C=O) groups is 1. The molecule has 0 unspecified atom stereocenters. The SMILES string of the molecule is CC(=O)[C@@]1(c2ccccc2)CN2Cc3cc(C)ccc3N1Cc1cc(C)ccc12. The van der Waals surface area contributed by atoms with Gasteiger partial charge in [0.1, 0.15) is 5.54 Å². The van der Waals surface area contributed by atoms with Crippen LogP contribution in [0.1, 0.15) is 34.7 Å². The maximum absolute atomic E-state index is 13.4. The van der Waals surface area contributed by atoms with Gasteiger partial charge in [0, 0.05) is 24.5 Å². The highest BCUT2D eigenvalue weighted by atomic mass is 16.1. The zero-order valence-electron chi connectivity index (χ0n) is 17.3. The lowest BCUT2D eigenvalue weighted by Crippen LogP contribution is -2.55. The Morgan fingerprint density at radius 1 is 0.828 bits per heavy atom.